The summed E-state index contributed by atoms with van der Waals surface area (Å²) < 4.78 is 32.1. The third kappa shape index (κ3) is 3.28. The molecule has 1 aromatic rings. The van der Waals surface area contributed by atoms with Crippen LogP contribution in [0.4, 0.5) is 15.8 Å². The zero-order valence-electron chi connectivity index (χ0n) is 14.6. The average molecular weight is 367 g/mol. The van der Waals surface area contributed by atoms with Crippen molar-refractivity contribution in [3.63, 3.8) is 0 Å². The molecule has 0 saturated carbocycles. The van der Waals surface area contributed by atoms with Gasteiger partial charge in [-0.15, -0.1) is 0 Å². The van der Waals surface area contributed by atoms with Crippen LogP contribution in [0.5, 0.6) is 0 Å². The van der Waals surface area contributed by atoms with Crippen LogP contribution in [0.3, 0.4) is 0 Å². The lowest BCUT2D eigenvalue weighted by atomic mass is 10.2. The van der Waals surface area contributed by atoms with Crippen molar-refractivity contribution in [1.82, 2.24) is 4.90 Å². The molecule has 1 atom stereocenters. The van der Waals surface area contributed by atoms with Crippen LogP contribution in [0.25, 0.3) is 0 Å². The summed E-state index contributed by atoms with van der Waals surface area (Å²) >= 11 is 0. The summed E-state index contributed by atoms with van der Waals surface area (Å²) in [6.07, 6.45) is 1.54. The van der Waals surface area contributed by atoms with Crippen molar-refractivity contribution in [2.45, 2.75) is 11.8 Å². The molecule has 0 aliphatic carbocycles. The molecule has 1 unspecified atom stereocenters. The Kier molecular flexibility index (Phi) is 5.10. The number of hydrogen-bond donors (Lipinski definition) is 0. The molecule has 1 saturated heterocycles. The Labute approximate surface area is 149 Å². The second-order valence-electron chi connectivity index (χ2n) is 6.10. The van der Waals surface area contributed by atoms with Crippen LogP contribution in [0.2, 0.25) is 0 Å². The minimum atomic E-state index is -1.76. The van der Waals surface area contributed by atoms with Crippen LogP contribution in [-0.2, 0) is 20.3 Å². The number of ether oxygens (including phenoxy) is 1. The van der Waals surface area contributed by atoms with Gasteiger partial charge in [0.2, 0.25) is 0 Å². The van der Waals surface area contributed by atoms with Gasteiger partial charge in [0.1, 0.15) is 10.7 Å². The molecule has 0 bridgehead atoms. The number of rotatable bonds is 3. The van der Waals surface area contributed by atoms with E-state index in [1.165, 1.54) is 19.4 Å². The summed E-state index contributed by atoms with van der Waals surface area (Å²) in [5.41, 5.74) is 1.18. The van der Waals surface area contributed by atoms with Gasteiger partial charge < -0.3 is 19.4 Å². The molecule has 0 amide bonds. The number of likely N-dealkylation sites (N-methyl/N-ethyl adjacent to an activating group) is 1. The summed E-state index contributed by atoms with van der Waals surface area (Å²) in [4.78, 5) is 18.2. The minimum absolute atomic E-state index is 0.0311. The Hall–Kier alpha value is -1.93. The van der Waals surface area contributed by atoms with E-state index >= 15 is 0 Å². The smallest absolute Gasteiger partial charge is 0.348 e. The lowest BCUT2D eigenvalue weighted by molar-refractivity contribution is -0.135. The molecule has 2 aliphatic rings. The second-order valence-corrected chi connectivity index (χ2v) is 7.52. The zero-order chi connectivity index (χ0) is 18.1. The van der Waals surface area contributed by atoms with E-state index in [9.17, 15) is 13.4 Å². The van der Waals surface area contributed by atoms with Gasteiger partial charge in [0.05, 0.1) is 34.2 Å². The van der Waals surface area contributed by atoms with Crippen LogP contribution < -0.4 is 9.80 Å². The number of hydrogen-bond acceptors (Lipinski definition) is 6. The quantitative estimate of drug-likeness (QED) is 0.756. The summed E-state index contributed by atoms with van der Waals surface area (Å²) in [6, 6.07) is 3.03. The average Bonchev–Trinajstić information content (AvgIpc) is 2.62. The number of carbonyl (C=O) groups is 1. The molecule has 1 fully saturated rings. The second kappa shape index (κ2) is 7.13. The molecule has 0 spiro atoms. The first kappa shape index (κ1) is 17.9. The molecule has 0 N–H and O–H groups in total. The number of esters is 1. The van der Waals surface area contributed by atoms with E-state index in [-0.39, 0.29) is 4.91 Å². The van der Waals surface area contributed by atoms with Gasteiger partial charge in [0, 0.05) is 38.9 Å². The van der Waals surface area contributed by atoms with Gasteiger partial charge in [-0.2, -0.15) is 0 Å². The fraction of sp³-hybridized carbons (Fsp3) is 0.471. The van der Waals surface area contributed by atoms with Gasteiger partial charge in [0.15, 0.2) is 0 Å². The summed E-state index contributed by atoms with van der Waals surface area (Å²) in [7, 11) is 1.53. The van der Waals surface area contributed by atoms with E-state index in [0.29, 0.717) is 22.8 Å². The lowest BCUT2D eigenvalue weighted by Crippen LogP contribution is -2.45. The molecular formula is C17H22FN3O3S. The molecule has 3 rings (SSSR count). The minimum Gasteiger partial charge on any atom is -0.465 e. The summed E-state index contributed by atoms with van der Waals surface area (Å²) in [5.74, 6) is -1.08. The van der Waals surface area contributed by atoms with E-state index in [0.717, 1.165) is 26.2 Å². The van der Waals surface area contributed by atoms with Crippen LogP contribution in [0.1, 0.15) is 6.92 Å². The number of halogens is 1. The molecule has 0 aromatic heterocycles. The van der Waals surface area contributed by atoms with E-state index in [2.05, 4.69) is 4.90 Å². The first-order valence-electron chi connectivity index (χ1n) is 8.21. The highest BCUT2D eigenvalue weighted by Crippen LogP contribution is 2.37. The first-order chi connectivity index (χ1) is 12.0. The van der Waals surface area contributed by atoms with Gasteiger partial charge in [-0.3, -0.25) is 0 Å². The Bertz CT molecular complexity index is 745. The predicted molar refractivity (Wildman–Crippen MR) is 95.6 cm³/mol. The molecule has 0 radical (unpaired) electrons. The lowest BCUT2D eigenvalue weighted by Gasteiger charge is -2.35. The highest BCUT2D eigenvalue weighted by atomic mass is 32.2. The maximum Gasteiger partial charge on any atom is 0.348 e. The largest absolute Gasteiger partial charge is 0.465 e. The molecule has 1 aromatic carbocycles. The van der Waals surface area contributed by atoms with Gasteiger partial charge in [-0.25, -0.2) is 13.4 Å². The number of carbonyl (C=O) groups excluding carboxylic acids is 1. The van der Waals surface area contributed by atoms with Crippen molar-refractivity contribution < 1.29 is 18.1 Å². The number of benzene rings is 1. The van der Waals surface area contributed by atoms with Gasteiger partial charge in [-0.05, 0) is 26.1 Å². The van der Waals surface area contributed by atoms with Crippen molar-refractivity contribution >= 4 is 28.1 Å². The van der Waals surface area contributed by atoms with E-state index in [1.807, 2.05) is 23.8 Å². The van der Waals surface area contributed by atoms with Crippen molar-refractivity contribution in [3.05, 3.63) is 29.1 Å². The van der Waals surface area contributed by atoms with Gasteiger partial charge in [-0.1, -0.05) is 0 Å². The predicted octanol–water partition coefficient (Wildman–Crippen LogP) is 1.54. The monoisotopic (exact) mass is 367 g/mol. The fourth-order valence-corrected chi connectivity index (χ4v) is 4.33. The van der Waals surface area contributed by atoms with Crippen LogP contribution in [0.15, 0.2) is 28.1 Å². The van der Waals surface area contributed by atoms with E-state index in [4.69, 9.17) is 4.74 Å². The Morgan fingerprint density at radius 1 is 1.24 bits per heavy atom. The van der Waals surface area contributed by atoms with Crippen molar-refractivity contribution in [2.24, 2.45) is 0 Å². The van der Waals surface area contributed by atoms with Crippen LogP contribution in [-0.4, -0.2) is 62.0 Å². The fourth-order valence-electron chi connectivity index (χ4n) is 3.06. The Morgan fingerprint density at radius 2 is 1.92 bits per heavy atom. The highest BCUT2D eigenvalue weighted by molar-refractivity contribution is 7.90. The van der Waals surface area contributed by atoms with Crippen LogP contribution in [0, 0.1) is 5.82 Å². The van der Waals surface area contributed by atoms with Crippen molar-refractivity contribution in [2.75, 3.05) is 56.7 Å². The SMILES string of the molecule is CCN1C=C(C(=O)OC)S(=O)c2cc(F)c(N3CCN(C)CC3)cc21. The summed E-state index contributed by atoms with van der Waals surface area (Å²) in [5, 5.41) is 0. The standard InChI is InChI=1S/C17H22FN3O3S/c1-4-20-11-16(17(22)24-3)25(23)15-9-12(18)13(10-14(15)20)21-7-5-19(2)6-8-21/h9-11H,4-8H2,1-3H3. The topological polar surface area (TPSA) is 53.1 Å². The maximum absolute atomic E-state index is 14.7. The molecular weight excluding hydrogens is 345 g/mol. The third-order valence-corrected chi connectivity index (χ3v) is 5.98. The molecule has 25 heavy (non-hydrogen) atoms. The molecule has 2 aliphatic heterocycles. The zero-order valence-corrected chi connectivity index (χ0v) is 15.4. The van der Waals surface area contributed by atoms with Gasteiger partial charge in [0.25, 0.3) is 0 Å². The van der Waals surface area contributed by atoms with Crippen molar-refractivity contribution in [1.29, 1.82) is 0 Å². The molecule has 6 nitrogen and oxygen atoms in total. The normalized spacial score (nSPS) is 21.0. The number of piperazine rings is 1. The Balaban J connectivity index is 2.01. The van der Waals surface area contributed by atoms with Crippen LogP contribution >= 0.6 is 0 Å². The number of methoxy groups -OCH3 is 1. The first-order valence-corrected chi connectivity index (χ1v) is 9.36. The van der Waals surface area contributed by atoms with Gasteiger partial charge >= 0.3 is 5.97 Å². The summed E-state index contributed by atoms with van der Waals surface area (Å²) in [6.45, 7) is 5.70. The molecule has 8 heteroatoms. The van der Waals surface area contributed by atoms with E-state index in [1.54, 1.807) is 6.07 Å². The number of fused-ring (bicyclic) bond motifs is 1. The Morgan fingerprint density at radius 3 is 2.52 bits per heavy atom. The molecule has 136 valence electrons. The van der Waals surface area contributed by atoms with Crippen molar-refractivity contribution in [3.8, 4) is 0 Å². The van der Waals surface area contributed by atoms with E-state index < -0.39 is 22.6 Å². The third-order valence-electron chi connectivity index (χ3n) is 4.58. The highest BCUT2D eigenvalue weighted by Gasteiger charge is 2.31. The number of anilines is 2. The maximum atomic E-state index is 14.7. The number of nitrogens with zero attached hydrogens (tertiary/aromatic N) is 3. The molecule has 2 heterocycles.